The summed E-state index contributed by atoms with van der Waals surface area (Å²) in [7, 11) is 1.75. The van der Waals surface area contributed by atoms with Gasteiger partial charge in [-0.15, -0.1) is 0 Å². The van der Waals surface area contributed by atoms with Gasteiger partial charge in [-0.1, -0.05) is 17.7 Å². The minimum Gasteiger partial charge on any atom is -0.437 e. The molecule has 0 atom stereocenters. The van der Waals surface area contributed by atoms with Crippen molar-refractivity contribution in [3.05, 3.63) is 40.0 Å². The number of aryl methyl sites for hydroxylation is 2. The van der Waals surface area contributed by atoms with Crippen molar-refractivity contribution in [2.45, 2.75) is 20.8 Å². The van der Waals surface area contributed by atoms with Crippen molar-refractivity contribution in [1.82, 2.24) is 9.97 Å². The van der Waals surface area contributed by atoms with E-state index >= 15 is 0 Å². The highest BCUT2D eigenvalue weighted by molar-refractivity contribution is 6.31. The van der Waals surface area contributed by atoms with E-state index in [-0.39, 0.29) is 0 Å². The molecule has 0 saturated carbocycles. The lowest BCUT2D eigenvalue weighted by molar-refractivity contribution is 0.458. The first-order chi connectivity index (χ1) is 9.01. The van der Waals surface area contributed by atoms with Gasteiger partial charge in [0.15, 0.2) is 0 Å². The van der Waals surface area contributed by atoms with Gasteiger partial charge < -0.3 is 10.1 Å². The molecule has 0 saturated heterocycles. The standard InChI is InChI=1S/C14H16ClN3O/c1-8-5-9(2)10(3)12(6-8)19-13-11(15)7-17-14(16-4)18-13/h5-7H,1-4H3,(H,16,17,18). The van der Waals surface area contributed by atoms with Crippen LogP contribution >= 0.6 is 11.6 Å². The molecule has 19 heavy (non-hydrogen) atoms. The van der Waals surface area contributed by atoms with E-state index in [1.807, 2.05) is 19.9 Å². The Labute approximate surface area is 117 Å². The summed E-state index contributed by atoms with van der Waals surface area (Å²) in [5, 5.41) is 3.24. The van der Waals surface area contributed by atoms with Crippen molar-refractivity contribution in [3.8, 4) is 11.6 Å². The molecule has 1 N–H and O–H groups in total. The van der Waals surface area contributed by atoms with Crippen molar-refractivity contribution in [2.24, 2.45) is 0 Å². The number of nitrogens with one attached hydrogen (secondary N) is 1. The maximum atomic E-state index is 6.06. The molecule has 0 aliphatic heterocycles. The molecule has 4 nitrogen and oxygen atoms in total. The summed E-state index contributed by atoms with van der Waals surface area (Å²) in [5.74, 6) is 1.59. The maximum absolute atomic E-state index is 6.06. The first-order valence-corrected chi connectivity index (χ1v) is 6.35. The first kappa shape index (κ1) is 13.6. The van der Waals surface area contributed by atoms with Gasteiger partial charge in [0.2, 0.25) is 11.8 Å². The van der Waals surface area contributed by atoms with E-state index in [0.717, 1.165) is 16.9 Å². The van der Waals surface area contributed by atoms with Crippen molar-refractivity contribution < 1.29 is 4.74 Å². The second-order valence-electron chi connectivity index (χ2n) is 4.40. The van der Waals surface area contributed by atoms with Crippen molar-refractivity contribution in [3.63, 3.8) is 0 Å². The Morgan fingerprint density at radius 3 is 2.63 bits per heavy atom. The van der Waals surface area contributed by atoms with Crippen LogP contribution in [0.15, 0.2) is 18.3 Å². The van der Waals surface area contributed by atoms with Gasteiger partial charge in [-0.25, -0.2) is 4.98 Å². The van der Waals surface area contributed by atoms with E-state index in [2.05, 4.69) is 28.3 Å². The molecule has 0 unspecified atom stereocenters. The topological polar surface area (TPSA) is 47.0 Å². The smallest absolute Gasteiger partial charge is 0.243 e. The SMILES string of the molecule is CNc1ncc(Cl)c(Oc2cc(C)cc(C)c2C)n1. The van der Waals surface area contributed by atoms with Crippen LogP contribution in [0.25, 0.3) is 0 Å². The number of benzene rings is 1. The van der Waals surface area contributed by atoms with E-state index < -0.39 is 0 Å². The van der Waals surface area contributed by atoms with Gasteiger partial charge in [-0.2, -0.15) is 4.98 Å². The Balaban J connectivity index is 2.41. The predicted octanol–water partition coefficient (Wildman–Crippen LogP) is 3.89. The van der Waals surface area contributed by atoms with Crippen molar-refractivity contribution in [1.29, 1.82) is 0 Å². The summed E-state index contributed by atoms with van der Waals surface area (Å²) < 4.78 is 5.82. The first-order valence-electron chi connectivity index (χ1n) is 5.97. The number of nitrogens with zero attached hydrogens (tertiary/aromatic N) is 2. The zero-order valence-corrected chi connectivity index (χ0v) is 12.2. The van der Waals surface area contributed by atoms with Crippen molar-refractivity contribution in [2.75, 3.05) is 12.4 Å². The Bertz CT molecular complexity index is 614. The van der Waals surface area contributed by atoms with Gasteiger partial charge >= 0.3 is 0 Å². The van der Waals surface area contributed by atoms with Crippen LogP contribution in [0.4, 0.5) is 5.95 Å². The molecule has 2 aromatic rings. The normalized spacial score (nSPS) is 10.4. The van der Waals surface area contributed by atoms with Crippen LogP contribution in [-0.2, 0) is 0 Å². The van der Waals surface area contributed by atoms with Crippen LogP contribution in [0.1, 0.15) is 16.7 Å². The number of ether oxygens (including phenoxy) is 1. The van der Waals surface area contributed by atoms with E-state index in [0.29, 0.717) is 16.9 Å². The lowest BCUT2D eigenvalue weighted by Gasteiger charge is -2.12. The summed E-state index contributed by atoms with van der Waals surface area (Å²) in [6.07, 6.45) is 1.52. The summed E-state index contributed by atoms with van der Waals surface area (Å²) in [6.45, 7) is 6.09. The molecular weight excluding hydrogens is 262 g/mol. The van der Waals surface area contributed by atoms with Crippen LogP contribution < -0.4 is 10.1 Å². The van der Waals surface area contributed by atoms with Gasteiger partial charge in [-0.05, 0) is 43.5 Å². The second kappa shape index (κ2) is 5.45. The average Bonchev–Trinajstić information content (AvgIpc) is 2.38. The predicted molar refractivity (Wildman–Crippen MR) is 77.3 cm³/mol. The van der Waals surface area contributed by atoms with Gasteiger partial charge in [0.1, 0.15) is 10.8 Å². The number of halogens is 1. The monoisotopic (exact) mass is 277 g/mol. The Kier molecular flexibility index (Phi) is 3.90. The van der Waals surface area contributed by atoms with Crippen LogP contribution in [0.2, 0.25) is 5.02 Å². The van der Waals surface area contributed by atoms with Gasteiger partial charge in [-0.3, -0.25) is 0 Å². The maximum Gasteiger partial charge on any atom is 0.243 e. The number of aromatic nitrogens is 2. The minimum absolute atomic E-state index is 0.356. The third-order valence-corrected chi connectivity index (χ3v) is 3.17. The summed E-state index contributed by atoms with van der Waals surface area (Å²) in [6, 6.07) is 4.09. The Hall–Kier alpha value is -1.81. The summed E-state index contributed by atoms with van der Waals surface area (Å²) in [5.41, 5.74) is 3.39. The van der Waals surface area contributed by atoms with E-state index in [4.69, 9.17) is 16.3 Å². The molecule has 0 spiro atoms. The number of hydrogen-bond donors (Lipinski definition) is 1. The zero-order valence-electron chi connectivity index (χ0n) is 11.4. The Morgan fingerprint density at radius 2 is 1.95 bits per heavy atom. The van der Waals surface area contributed by atoms with Gasteiger partial charge in [0.25, 0.3) is 0 Å². The Morgan fingerprint density at radius 1 is 1.21 bits per heavy atom. The highest BCUT2D eigenvalue weighted by Gasteiger charge is 2.10. The molecular formula is C14H16ClN3O. The number of rotatable bonds is 3. The minimum atomic E-state index is 0.356. The molecule has 1 aromatic carbocycles. The quantitative estimate of drug-likeness (QED) is 0.925. The van der Waals surface area contributed by atoms with Gasteiger partial charge in [0, 0.05) is 7.05 Å². The molecule has 2 rings (SSSR count). The average molecular weight is 278 g/mol. The summed E-state index contributed by atoms with van der Waals surface area (Å²) >= 11 is 6.06. The summed E-state index contributed by atoms with van der Waals surface area (Å²) in [4.78, 5) is 8.23. The fraction of sp³-hybridized carbons (Fsp3) is 0.286. The third kappa shape index (κ3) is 2.96. The third-order valence-electron chi connectivity index (χ3n) is 2.91. The molecule has 0 aliphatic carbocycles. The fourth-order valence-corrected chi connectivity index (χ4v) is 1.88. The number of hydrogen-bond acceptors (Lipinski definition) is 4. The zero-order chi connectivity index (χ0) is 14.0. The molecule has 1 heterocycles. The van der Waals surface area contributed by atoms with Crippen LogP contribution in [0.3, 0.4) is 0 Å². The molecule has 0 radical (unpaired) electrons. The molecule has 0 fully saturated rings. The van der Waals surface area contributed by atoms with Crippen LogP contribution in [0, 0.1) is 20.8 Å². The van der Waals surface area contributed by atoms with E-state index in [1.54, 1.807) is 7.05 Å². The number of anilines is 1. The molecule has 0 bridgehead atoms. The molecule has 5 heteroatoms. The molecule has 0 aliphatic rings. The largest absolute Gasteiger partial charge is 0.437 e. The molecule has 1 aromatic heterocycles. The van der Waals surface area contributed by atoms with Gasteiger partial charge in [0.05, 0.1) is 6.20 Å². The highest BCUT2D eigenvalue weighted by atomic mass is 35.5. The van der Waals surface area contributed by atoms with E-state index in [1.165, 1.54) is 11.8 Å². The molecule has 0 amide bonds. The second-order valence-corrected chi connectivity index (χ2v) is 4.81. The highest BCUT2D eigenvalue weighted by Crippen LogP contribution is 2.31. The lowest BCUT2D eigenvalue weighted by Crippen LogP contribution is -1.99. The van der Waals surface area contributed by atoms with Crippen molar-refractivity contribution >= 4 is 17.5 Å². The van der Waals surface area contributed by atoms with Crippen LogP contribution in [-0.4, -0.2) is 17.0 Å². The van der Waals surface area contributed by atoms with Crippen LogP contribution in [0.5, 0.6) is 11.6 Å². The van der Waals surface area contributed by atoms with E-state index in [9.17, 15) is 0 Å². The lowest BCUT2D eigenvalue weighted by atomic mass is 10.1. The molecule has 100 valence electrons. The fourth-order valence-electron chi connectivity index (χ4n) is 1.75.